The van der Waals surface area contributed by atoms with Crippen LogP contribution in [-0.4, -0.2) is 56.6 Å². The summed E-state index contributed by atoms with van der Waals surface area (Å²) in [6, 6.07) is 8.99. The third kappa shape index (κ3) is 3.91. The first-order valence-electron chi connectivity index (χ1n) is 11.6. The minimum Gasteiger partial charge on any atom is -0.363 e. The summed E-state index contributed by atoms with van der Waals surface area (Å²) in [5.41, 5.74) is 2.97. The lowest BCUT2D eigenvalue weighted by Gasteiger charge is -2.37. The van der Waals surface area contributed by atoms with Crippen molar-refractivity contribution in [2.75, 3.05) is 36.4 Å². The molecule has 0 aliphatic carbocycles. The molecule has 1 aliphatic rings. The number of pyridine rings is 1. The van der Waals surface area contributed by atoms with Gasteiger partial charge in [-0.1, -0.05) is 6.92 Å². The molecule has 0 radical (unpaired) electrons. The second-order valence-corrected chi connectivity index (χ2v) is 8.66. The number of benzene rings is 1. The van der Waals surface area contributed by atoms with Crippen LogP contribution in [0.15, 0.2) is 42.7 Å². The van der Waals surface area contributed by atoms with Crippen molar-refractivity contribution in [2.45, 2.75) is 33.2 Å². The van der Waals surface area contributed by atoms with Crippen molar-refractivity contribution in [1.82, 2.24) is 24.5 Å². The summed E-state index contributed by atoms with van der Waals surface area (Å²) in [5, 5.41) is 8.81. The number of aromatic nitrogens is 4. The summed E-state index contributed by atoms with van der Waals surface area (Å²) in [6.45, 7) is 8.38. The van der Waals surface area contributed by atoms with Gasteiger partial charge in [-0.25, -0.2) is 14.4 Å². The van der Waals surface area contributed by atoms with E-state index >= 15 is 0 Å². The number of amides is 1. The van der Waals surface area contributed by atoms with Crippen molar-refractivity contribution in [3.63, 3.8) is 0 Å². The molecule has 1 fully saturated rings. The second-order valence-electron chi connectivity index (χ2n) is 8.66. The fraction of sp³-hybridized carbons (Fsp3) is 0.360. The van der Waals surface area contributed by atoms with Crippen molar-refractivity contribution in [3.8, 4) is 0 Å². The Bertz CT molecular complexity index is 1360. The fourth-order valence-corrected chi connectivity index (χ4v) is 4.57. The quantitative estimate of drug-likeness (QED) is 0.485. The first kappa shape index (κ1) is 22.1. The van der Waals surface area contributed by atoms with Gasteiger partial charge in [-0.2, -0.15) is 9.61 Å². The highest BCUT2D eigenvalue weighted by Gasteiger charge is 2.25. The average molecular weight is 462 g/mol. The third-order valence-electron chi connectivity index (χ3n) is 6.54. The summed E-state index contributed by atoms with van der Waals surface area (Å²) in [7, 11) is 0. The van der Waals surface area contributed by atoms with Gasteiger partial charge in [0.2, 0.25) is 5.91 Å². The molecule has 0 bridgehead atoms. The van der Waals surface area contributed by atoms with Gasteiger partial charge in [0.1, 0.15) is 17.5 Å². The maximum absolute atomic E-state index is 14.3. The van der Waals surface area contributed by atoms with Gasteiger partial charge in [-0.3, -0.25) is 4.79 Å². The molecule has 5 rings (SSSR count). The van der Waals surface area contributed by atoms with E-state index in [0.717, 1.165) is 28.2 Å². The zero-order valence-corrected chi connectivity index (χ0v) is 19.6. The van der Waals surface area contributed by atoms with Crippen LogP contribution in [0.4, 0.5) is 16.0 Å². The molecule has 34 heavy (non-hydrogen) atoms. The predicted molar refractivity (Wildman–Crippen MR) is 131 cm³/mol. The summed E-state index contributed by atoms with van der Waals surface area (Å²) in [6.07, 6.45) is 3.98. The number of rotatable bonds is 5. The molecule has 176 valence electrons. The van der Waals surface area contributed by atoms with E-state index < -0.39 is 0 Å². The fourth-order valence-electron chi connectivity index (χ4n) is 4.57. The zero-order chi connectivity index (χ0) is 23.8. The molecule has 0 saturated carbocycles. The molecule has 1 atom stereocenters. The Balaban J connectivity index is 1.54. The van der Waals surface area contributed by atoms with Crippen LogP contribution in [0.5, 0.6) is 0 Å². The van der Waals surface area contributed by atoms with Crippen LogP contribution in [-0.2, 0) is 4.79 Å². The third-order valence-corrected chi connectivity index (χ3v) is 6.54. The van der Waals surface area contributed by atoms with Gasteiger partial charge in [0, 0.05) is 61.4 Å². The minimum atomic E-state index is -0.263. The van der Waals surface area contributed by atoms with E-state index in [9.17, 15) is 9.18 Å². The highest BCUT2D eigenvalue weighted by Crippen LogP contribution is 2.33. The average Bonchev–Trinajstić information content (AvgIpc) is 3.35. The predicted octanol–water partition coefficient (Wildman–Crippen LogP) is 3.96. The second kappa shape index (κ2) is 8.89. The maximum Gasteiger partial charge on any atom is 0.222 e. The Morgan fingerprint density at radius 1 is 1.15 bits per heavy atom. The normalized spacial score (nSPS) is 15.2. The Hall–Kier alpha value is -3.75. The Morgan fingerprint density at radius 3 is 2.71 bits per heavy atom. The van der Waals surface area contributed by atoms with E-state index in [2.05, 4.69) is 33.3 Å². The Kier molecular flexibility index (Phi) is 5.77. The molecule has 4 heterocycles. The van der Waals surface area contributed by atoms with Gasteiger partial charge in [0.05, 0.1) is 17.8 Å². The highest BCUT2D eigenvalue weighted by molar-refractivity contribution is 5.85. The lowest BCUT2D eigenvalue weighted by atomic mass is 10.0. The van der Waals surface area contributed by atoms with Crippen LogP contribution in [0.2, 0.25) is 0 Å². The van der Waals surface area contributed by atoms with Crippen LogP contribution in [0.25, 0.3) is 16.6 Å². The highest BCUT2D eigenvalue weighted by atomic mass is 19.1. The number of halogens is 1. The van der Waals surface area contributed by atoms with Crippen LogP contribution < -0.4 is 10.2 Å². The van der Waals surface area contributed by atoms with Gasteiger partial charge in [-0.15, -0.1) is 0 Å². The van der Waals surface area contributed by atoms with E-state index in [-0.39, 0.29) is 17.8 Å². The van der Waals surface area contributed by atoms with E-state index in [1.807, 2.05) is 24.0 Å². The largest absolute Gasteiger partial charge is 0.363 e. The molecule has 1 aliphatic heterocycles. The van der Waals surface area contributed by atoms with Crippen molar-refractivity contribution in [1.29, 1.82) is 0 Å². The van der Waals surface area contributed by atoms with Crippen LogP contribution >= 0.6 is 0 Å². The number of hydrogen-bond donors (Lipinski definition) is 1. The first-order chi connectivity index (χ1) is 16.5. The topological polar surface area (TPSA) is 78.7 Å². The zero-order valence-electron chi connectivity index (χ0n) is 19.6. The molecule has 4 aromatic rings. The molecule has 0 spiro atoms. The van der Waals surface area contributed by atoms with Crippen molar-refractivity contribution >= 4 is 34.1 Å². The van der Waals surface area contributed by atoms with E-state index in [1.54, 1.807) is 29.9 Å². The molecule has 3 aromatic heterocycles. The summed E-state index contributed by atoms with van der Waals surface area (Å²) >= 11 is 0. The van der Waals surface area contributed by atoms with Gasteiger partial charge in [-0.05, 0) is 38.1 Å². The molecule has 1 amide bonds. The molecular formula is C25H28FN7O. The molecule has 1 saturated heterocycles. The number of piperazine rings is 1. The Morgan fingerprint density at radius 2 is 1.94 bits per heavy atom. The maximum atomic E-state index is 14.3. The van der Waals surface area contributed by atoms with Crippen molar-refractivity contribution < 1.29 is 9.18 Å². The number of nitrogens with zero attached hydrogens (tertiary/aromatic N) is 6. The van der Waals surface area contributed by atoms with Crippen molar-refractivity contribution in [3.05, 3.63) is 59.7 Å². The molecule has 1 N–H and O–H groups in total. The van der Waals surface area contributed by atoms with Crippen LogP contribution in [0, 0.1) is 12.7 Å². The molecule has 8 nitrogen and oxygen atoms in total. The van der Waals surface area contributed by atoms with Crippen LogP contribution in [0.1, 0.15) is 37.4 Å². The van der Waals surface area contributed by atoms with Crippen molar-refractivity contribution in [2.24, 2.45) is 0 Å². The van der Waals surface area contributed by atoms with E-state index in [1.165, 1.54) is 6.07 Å². The summed E-state index contributed by atoms with van der Waals surface area (Å²) in [4.78, 5) is 25.6. The molecule has 1 aromatic carbocycles. The SMILES string of the molecule is CCC(=O)N1CCN(c2nc3c(C)c(F)ccc3cc2C(C)Nc2ccnc3ccnn23)CC1. The number of anilines is 2. The number of fused-ring (bicyclic) bond motifs is 2. The van der Waals surface area contributed by atoms with Gasteiger partial charge in [0.25, 0.3) is 0 Å². The lowest BCUT2D eigenvalue weighted by Crippen LogP contribution is -2.49. The summed E-state index contributed by atoms with van der Waals surface area (Å²) in [5.74, 6) is 1.54. The van der Waals surface area contributed by atoms with Gasteiger partial charge >= 0.3 is 0 Å². The smallest absolute Gasteiger partial charge is 0.222 e. The molecule has 9 heteroatoms. The number of nitrogens with one attached hydrogen (secondary N) is 1. The monoisotopic (exact) mass is 461 g/mol. The van der Waals surface area contributed by atoms with E-state index in [0.29, 0.717) is 43.7 Å². The van der Waals surface area contributed by atoms with Gasteiger partial charge in [0.15, 0.2) is 5.65 Å². The minimum absolute atomic E-state index is 0.109. The number of carbonyl (C=O) groups is 1. The molecular weight excluding hydrogens is 433 g/mol. The van der Waals surface area contributed by atoms with E-state index in [4.69, 9.17) is 4.98 Å². The van der Waals surface area contributed by atoms with Crippen LogP contribution in [0.3, 0.4) is 0 Å². The number of hydrogen-bond acceptors (Lipinski definition) is 6. The number of carbonyl (C=O) groups excluding carboxylic acids is 1. The number of aryl methyl sites for hydroxylation is 1. The Labute approximate surface area is 197 Å². The van der Waals surface area contributed by atoms with Gasteiger partial charge < -0.3 is 15.1 Å². The molecule has 1 unspecified atom stereocenters. The summed E-state index contributed by atoms with van der Waals surface area (Å²) < 4.78 is 16.1. The standard InChI is InChI=1S/C25H28FN7O/c1-4-23(34)31-11-13-32(14-12-31)25-19(15-18-5-6-20(26)16(2)24(18)30-25)17(3)29-22-7-9-27-21-8-10-28-33(21)22/h5-10,15,17,29H,4,11-14H2,1-3H3. The lowest BCUT2D eigenvalue weighted by molar-refractivity contribution is -0.131. The first-order valence-corrected chi connectivity index (χ1v) is 11.6.